The Kier molecular flexibility index (Phi) is 8.61. The van der Waals surface area contributed by atoms with E-state index in [2.05, 4.69) is 31.2 Å². The molecule has 2 aliphatic carbocycles. The number of halogens is 1. The molecular weight excluding hydrogens is 570 g/mol. The Morgan fingerprint density at radius 1 is 1.07 bits per heavy atom. The van der Waals surface area contributed by atoms with Crippen LogP contribution in [0.15, 0.2) is 30.6 Å². The number of amides is 2. The van der Waals surface area contributed by atoms with Gasteiger partial charge in [0, 0.05) is 42.3 Å². The number of aromatic nitrogens is 4. The molecule has 0 spiro atoms. The van der Waals surface area contributed by atoms with E-state index in [1.165, 1.54) is 16.9 Å². The van der Waals surface area contributed by atoms with E-state index in [-0.39, 0.29) is 46.9 Å². The summed E-state index contributed by atoms with van der Waals surface area (Å²) in [7, 11) is -3.18. The summed E-state index contributed by atoms with van der Waals surface area (Å²) in [5.74, 6) is -0.221. The zero-order valence-electron chi connectivity index (χ0n) is 22.6. The van der Waals surface area contributed by atoms with E-state index < -0.39 is 15.9 Å². The molecule has 2 aliphatic rings. The number of nitrogens with one attached hydrogen (secondary N) is 4. The smallest absolute Gasteiger partial charge is 0.276 e. The van der Waals surface area contributed by atoms with Gasteiger partial charge in [-0.3, -0.25) is 9.59 Å². The number of nitrogens with two attached hydrogens (primary N) is 1. The van der Waals surface area contributed by atoms with Crippen molar-refractivity contribution in [2.75, 3.05) is 28.0 Å². The maximum absolute atomic E-state index is 13.1. The Bertz CT molecular complexity index is 1530. The summed E-state index contributed by atoms with van der Waals surface area (Å²) in [4.78, 5) is 34.0. The number of sulfone groups is 1. The van der Waals surface area contributed by atoms with Gasteiger partial charge in [0.2, 0.25) is 5.91 Å². The number of hydrogen-bond donors (Lipinski definition) is 5. The number of carbonyl (C=O) groups excluding carboxylic acids is 2. The summed E-state index contributed by atoms with van der Waals surface area (Å²) in [6, 6.07) is 4.72. The van der Waals surface area contributed by atoms with Gasteiger partial charge in [-0.25, -0.2) is 22.9 Å². The van der Waals surface area contributed by atoms with Gasteiger partial charge < -0.3 is 27.0 Å². The maximum Gasteiger partial charge on any atom is 0.276 e. The number of carbonyl (C=O) groups is 2. The fraction of sp³-hybridized carbons (Fsp3) is 0.500. The van der Waals surface area contributed by atoms with E-state index in [0.29, 0.717) is 23.2 Å². The van der Waals surface area contributed by atoms with Crippen LogP contribution in [0.3, 0.4) is 0 Å². The van der Waals surface area contributed by atoms with E-state index in [4.69, 9.17) is 22.4 Å². The van der Waals surface area contributed by atoms with E-state index in [1.54, 1.807) is 12.1 Å². The fourth-order valence-electron chi connectivity index (χ4n) is 4.79. The summed E-state index contributed by atoms with van der Waals surface area (Å²) in [5.41, 5.74) is 8.02. The minimum Gasteiger partial charge on any atom is -0.379 e. The Hall–Kier alpha value is -3.49. The third kappa shape index (κ3) is 7.83. The van der Waals surface area contributed by atoms with Crippen LogP contribution >= 0.6 is 11.6 Å². The molecule has 1 atom stereocenters. The molecule has 0 saturated heterocycles. The first-order valence-electron chi connectivity index (χ1n) is 13.6. The minimum atomic E-state index is -3.18. The van der Waals surface area contributed by atoms with Crippen molar-refractivity contribution < 1.29 is 18.0 Å². The van der Waals surface area contributed by atoms with Crippen LogP contribution in [0.1, 0.15) is 55.4 Å². The first kappa shape index (κ1) is 29.0. The zero-order valence-corrected chi connectivity index (χ0v) is 24.2. The fourth-order valence-corrected chi connectivity index (χ4v) is 5.65. The first-order valence-corrected chi connectivity index (χ1v) is 16.1. The van der Waals surface area contributed by atoms with Gasteiger partial charge >= 0.3 is 0 Å². The predicted octanol–water partition coefficient (Wildman–Crippen LogP) is 2.21. The van der Waals surface area contributed by atoms with Gasteiger partial charge in [-0.05, 0) is 57.1 Å². The van der Waals surface area contributed by atoms with Crippen molar-refractivity contribution >= 4 is 56.1 Å². The van der Waals surface area contributed by atoms with Crippen molar-refractivity contribution in [3.05, 3.63) is 41.4 Å². The predicted molar refractivity (Wildman–Crippen MR) is 157 cm³/mol. The summed E-state index contributed by atoms with van der Waals surface area (Å²) < 4.78 is 24.3. The molecule has 6 N–H and O–H groups in total. The van der Waals surface area contributed by atoms with Gasteiger partial charge in [0.1, 0.15) is 20.8 Å². The molecule has 2 fully saturated rings. The van der Waals surface area contributed by atoms with Gasteiger partial charge in [-0.1, -0.05) is 11.6 Å². The molecule has 15 heteroatoms. The number of rotatable bonds is 11. The second-order valence-corrected chi connectivity index (χ2v) is 13.4. The Labute approximate surface area is 242 Å². The van der Waals surface area contributed by atoms with E-state index in [1.807, 2.05) is 6.07 Å². The number of pyridine rings is 1. The third-order valence-electron chi connectivity index (χ3n) is 7.18. The zero-order chi connectivity index (χ0) is 29.1. The first-order chi connectivity index (χ1) is 19.5. The van der Waals surface area contributed by atoms with Gasteiger partial charge in [0.05, 0.1) is 23.7 Å². The molecule has 2 amide bonds. The van der Waals surface area contributed by atoms with Crippen LogP contribution in [0.2, 0.25) is 5.15 Å². The van der Waals surface area contributed by atoms with Crippen molar-refractivity contribution in [3.8, 4) is 0 Å². The van der Waals surface area contributed by atoms with Crippen LogP contribution in [0.25, 0.3) is 5.65 Å². The van der Waals surface area contributed by atoms with Gasteiger partial charge in [-0.15, -0.1) is 5.10 Å². The molecule has 3 aromatic heterocycles. The summed E-state index contributed by atoms with van der Waals surface area (Å²) in [6.45, 7) is 0. The summed E-state index contributed by atoms with van der Waals surface area (Å²) in [6.07, 6.45) is 9.43. The lowest BCUT2D eigenvalue weighted by molar-refractivity contribution is -0.123. The Balaban J connectivity index is 1.24. The lowest BCUT2D eigenvalue weighted by Gasteiger charge is -2.30. The quantitative estimate of drug-likeness (QED) is 0.203. The Morgan fingerprint density at radius 3 is 2.44 bits per heavy atom. The number of anilines is 3. The Morgan fingerprint density at radius 2 is 1.76 bits per heavy atom. The SMILES string of the molecule is CS(=O)(=O)CC[C@H](N)C(=O)NC1CCC(Nc2cc(NC3CC3)c3ncc(C(=O)Nc4ccnc(Cl)c4)n3n2)CC1. The van der Waals surface area contributed by atoms with E-state index >= 15 is 0 Å². The van der Waals surface area contributed by atoms with E-state index in [9.17, 15) is 18.0 Å². The van der Waals surface area contributed by atoms with Gasteiger partial charge in [0.25, 0.3) is 5.91 Å². The highest BCUT2D eigenvalue weighted by Crippen LogP contribution is 2.30. The van der Waals surface area contributed by atoms with Crippen LogP contribution in [0, 0.1) is 0 Å². The van der Waals surface area contributed by atoms with Crippen molar-refractivity contribution in [1.82, 2.24) is 24.9 Å². The van der Waals surface area contributed by atoms with Crippen LogP contribution in [-0.4, -0.2) is 76.0 Å². The molecule has 0 bridgehead atoms. The van der Waals surface area contributed by atoms with Crippen LogP contribution in [0.4, 0.5) is 17.2 Å². The average Bonchev–Trinajstić information content (AvgIpc) is 3.63. The topological polar surface area (TPSA) is 186 Å². The molecule has 0 aromatic carbocycles. The van der Waals surface area contributed by atoms with Crippen molar-refractivity contribution in [2.24, 2.45) is 5.73 Å². The molecule has 220 valence electrons. The molecule has 3 aromatic rings. The molecule has 2 saturated carbocycles. The van der Waals surface area contributed by atoms with Crippen molar-refractivity contribution in [1.29, 1.82) is 0 Å². The minimum absolute atomic E-state index is 0.0296. The number of nitrogens with zero attached hydrogens (tertiary/aromatic N) is 4. The van der Waals surface area contributed by atoms with E-state index in [0.717, 1.165) is 50.5 Å². The number of fused-ring (bicyclic) bond motifs is 1. The molecule has 3 heterocycles. The largest absolute Gasteiger partial charge is 0.379 e. The van der Waals surface area contributed by atoms with Crippen molar-refractivity contribution in [3.63, 3.8) is 0 Å². The second-order valence-electron chi connectivity index (χ2n) is 10.8. The van der Waals surface area contributed by atoms with Crippen LogP contribution in [0.5, 0.6) is 0 Å². The normalized spacial score (nSPS) is 19.9. The third-order valence-corrected chi connectivity index (χ3v) is 8.37. The average molecular weight is 604 g/mol. The molecule has 5 rings (SSSR count). The number of hydrogen-bond acceptors (Lipinski definition) is 10. The molecular formula is C26H34ClN9O4S. The summed E-state index contributed by atoms with van der Waals surface area (Å²) >= 11 is 5.96. The standard InChI is InChI=1S/C26H34ClN9O4S/c1-41(39,40)11-9-19(28)25(37)33-17-6-4-16(5-7-17)32-23-13-20(31-15-2-3-15)24-30-14-21(36(24)35-23)26(38)34-18-8-10-29-22(27)12-18/h8,10,12-17,19,31H,2-7,9,11,28H2,1H3,(H,32,35)(H,33,37)(H,29,34,38)/t16?,17?,19-/m0/s1. The lowest BCUT2D eigenvalue weighted by Crippen LogP contribution is -2.47. The van der Waals surface area contributed by atoms with Crippen LogP contribution < -0.4 is 27.0 Å². The molecule has 13 nitrogen and oxygen atoms in total. The lowest BCUT2D eigenvalue weighted by atomic mass is 9.91. The molecule has 41 heavy (non-hydrogen) atoms. The molecule has 0 radical (unpaired) electrons. The number of imidazole rings is 1. The van der Waals surface area contributed by atoms with Gasteiger partial charge in [-0.2, -0.15) is 0 Å². The highest BCUT2D eigenvalue weighted by molar-refractivity contribution is 7.90. The summed E-state index contributed by atoms with van der Waals surface area (Å²) in [5, 5.41) is 17.7. The monoisotopic (exact) mass is 603 g/mol. The molecule has 0 unspecified atom stereocenters. The highest BCUT2D eigenvalue weighted by Gasteiger charge is 2.27. The highest BCUT2D eigenvalue weighted by atomic mass is 35.5. The van der Waals surface area contributed by atoms with Gasteiger partial charge in [0.15, 0.2) is 11.3 Å². The second kappa shape index (κ2) is 12.2. The van der Waals surface area contributed by atoms with Crippen molar-refractivity contribution in [2.45, 2.75) is 69.1 Å². The molecule has 0 aliphatic heterocycles. The maximum atomic E-state index is 13.1. The van der Waals surface area contributed by atoms with Crippen LogP contribution in [-0.2, 0) is 14.6 Å².